The Kier molecular flexibility index (Phi) is 6.45. The summed E-state index contributed by atoms with van der Waals surface area (Å²) in [7, 11) is 0. The molecular formula is C51H35NS. The van der Waals surface area contributed by atoms with Crippen molar-refractivity contribution in [2.45, 2.75) is 26.2 Å². The van der Waals surface area contributed by atoms with Crippen molar-refractivity contribution >= 4 is 63.8 Å². The fourth-order valence-electron chi connectivity index (χ4n) is 9.37. The molecule has 2 aromatic heterocycles. The molecule has 53 heavy (non-hydrogen) atoms. The van der Waals surface area contributed by atoms with Gasteiger partial charge in [0.1, 0.15) is 0 Å². The summed E-state index contributed by atoms with van der Waals surface area (Å²) >= 11 is 1.94. The average molecular weight is 694 g/mol. The van der Waals surface area contributed by atoms with Crippen LogP contribution in [0.25, 0.3) is 97.0 Å². The summed E-state index contributed by atoms with van der Waals surface area (Å²) in [6, 6.07) is 54.4. The van der Waals surface area contributed by atoms with Gasteiger partial charge in [-0.05, 0) is 108 Å². The monoisotopic (exact) mass is 693 g/mol. The molecule has 11 rings (SSSR count). The SMILES string of the molecule is Cc1cc2c(c3sc4cc(-c5cccnc5)ccc4c13)-c1ccc(-c3c4ccccc4c(-c4cccc5ccccc45)c4ccccc34)cc1C2(C)C. The molecule has 0 unspecified atom stereocenters. The fourth-order valence-corrected chi connectivity index (χ4v) is 10.8. The number of fused-ring (bicyclic) bond motifs is 10. The number of thiophene rings is 1. The molecule has 2 heterocycles. The van der Waals surface area contributed by atoms with Crippen LogP contribution < -0.4 is 0 Å². The summed E-state index contributed by atoms with van der Waals surface area (Å²) in [5.74, 6) is 0. The van der Waals surface area contributed by atoms with Crippen LogP contribution >= 0.6 is 11.3 Å². The van der Waals surface area contributed by atoms with Crippen molar-refractivity contribution in [3.8, 4) is 44.5 Å². The third kappa shape index (κ3) is 4.33. The highest BCUT2D eigenvalue weighted by atomic mass is 32.1. The number of pyridine rings is 1. The second-order valence-corrected chi connectivity index (χ2v) is 16.2. The molecular weight excluding hydrogens is 659 g/mol. The molecule has 0 saturated carbocycles. The number of aromatic nitrogens is 1. The third-order valence-corrected chi connectivity index (χ3v) is 13.0. The Hall–Kier alpha value is -6.09. The molecule has 0 amide bonds. The molecule has 10 aromatic rings. The van der Waals surface area contributed by atoms with Crippen molar-refractivity contribution < 1.29 is 0 Å². The van der Waals surface area contributed by atoms with Gasteiger partial charge in [-0.2, -0.15) is 0 Å². The lowest BCUT2D eigenvalue weighted by Crippen LogP contribution is -2.15. The largest absolute Gasteiger partial charge is 0.264 e. The highest BCUT2D eigenvalue weighted by Crippen LogP contribution is 2.56. The predicted molar refractivity (Wildman–Crippen MR) is 228 cm³/mol. The van der Waals surface area contributed by atoms with E-state index in [0.29, 0.717) is 0 Å². The Balaban J connectivity index is 1.15. The number of aryl methyl sites for hydroxylation is 1. The summed E-state index contributed by atoms with van der Waals surface area (Å²) < 4.78 is 2.72. The van der Waals surface area contributed by atoms with Crippen molar-refractivity contribution in [2.24, 2.45) is 0 Å². The predicted octanol–water partition coefficient (Wildman–Crippen LogP) is 14.5. The summed E-state index contributed by atoms with van der Waals surface area (Å²) in [5.41, 5.74) is 14.3. The number of rotatable bonds is 3. The van der Waals surface area contributed by atoms with E-state index in [-0.39, 0.29) is 5.41 Å². The minimum Gasteiger partial charge on any atom is -0.264 e. The highest BCUT2D eigenvalue weighted by Gasteiger charge is 2.38. The molecule has 0 bridgehead atoms. The average Bonchev–Trinajstić information content (AvgIpc) is 3.69. The first-order valence-electron chi connectivity index (χ1n) is 18.4. The van der Waals surface area contributed by atoms with Crippen LogP contribution in [0.2, 0.25) is 0 Å². The molecule has 8 aromatic carbocycles. The summed E-state index contributed by atoms with van der Waals surface area (Å²) in [4.78, 5) is 4.38. The van der Waals surface area contributed by atoms with E-state index in [4.69, 9.17) is 0 Å². The van der Waals surface area contributed by atoms with Crippen LogP contribution in [-0.2, 0) is 5.41 Å². The Morgan fingerprint density at radius 1 is 0.491 bits per heavy atom. The Morgan fingerprint density at radius 2 is 1.17 bits per heavy atom. The van der Waals surface area contributed by atoms with Gasteiger partial charge in [-0.1, -0.05) is 141 Å². The number of benzene rings is 8. The van der Waals surface area contributed by atoms with E-state index in [9.17, 15) is 0 Å². The van der Waals surface area contributed by atoms with E-state index in [1.54, 1.807) is 0 Å². The van der Waals surface area contributed by atoms with Crippen LogP contribution in [0.4, 0.5) is 0 Å². The van der Waals surface area contributed by atoms with Crippen LogP contribution in [0.1, 0.15) is 30.5 Å². The zero-order valence-corrected chi connectivity index (χ0v) is 30.7. The lowest BCUT2D eigenvalue weighted by molar-refractivity contribution is 0.660. The van der Waals surface area contributed by atoms with Crippen LogP contribution in [-0.4, -0.2) is 4.98 Å². The van der Waals surface area contributed by atoms with Crippen molar-refractivity contribution in [3.05, 3.63) is 175 Å². The van der Waals surface area contributed by atoms with Crippen molar-refractivity contribution in [1.82, 2.24) is 4.98 Å². The quantitative estimate of drug-likeness (QED) is 0.168. The maximum absolute atomic E-state index is 4.38. The molecule has 0 N–H and O–H groups in total. The van der Waals surface area contributed by atoms with Gasteiger partial charge in [0.15, 0.2) is 0 Å². The topological polar surface area (TPSA) is 12.9 Å². The van der Waals surface area contributed by atoms with Crippen molar-refractivity contribution in [3.63, 3.8) is 0 Å². The fraction of sp³-hybridized carbons (Fsp3) is 0.0784. The molecule has 0 radical (unpaired) electrons. The molecule has 1 aliphatic carbocycles. The molecule has 0 fully saturated rings. The second kappa shape index (κ2) is 11.2. The van der Waals surface area contributed by atoms with Gasteiger partial charge in [0.05, 0.1) is 0 Å². The van der Waals surface area contributed by atoms with Crippen LogP contribution in [0, 0.1) is 6.92 Å². The maximum atomic E-state index is 4.38. The van der Waals surface area contributed by atoms with Crippen molar-refractivity contribution in [2.75, 3.05) is 0 Å². The van der Waals surface area contributed by atoms with E-state index in [1.807, 2.05) is 29.8 Å². The van der Waals surface area contributed by atoms with E-state index >= 15 is 0 Å². The normalized spacial score (nSPS) is 13.3. The summed E-state index contributed by atoms with van der Waals surface area (Å²) in [6.45, 7) is 7.13. The molecule has 0 atom stereocenters. The standard InChI is InChI=1S/C51H35NS/c1-30-26-44-49(50-46(30)42-24-21-32(28-45(42)53-50)34-14-11-25-52-29-34)41-23-22-33(27-43(41)51(44,2)3)47-37-16-6-8-18-39(37)48(40-19-9-7-17-38(40)47)36-20-10-13-31-12-4-5-15-35(31)36/h4-29H,1-3H3. The van der Waals surface area contributed by atoms with Gasteiger partial charge in [-0.15, -0.1) is 11.3 Å². The van der Waals surface area contributed by atoms with Gasteiger partial charge in [-0.25, -0.2) is 0 Å². The first kappa shape index (κ1) is 30.5. The van der Waals surface area contributed by atoms with Crippen molar-refractivity contribution in [1.29, 1.82) is 0 Å². The van der Waals surface area contributed by atoms with Crippen LogP contribution in [0.15, 0.2) is 158 Å². The minimum atomic E-state index is -0.148. The lowest BCUT2D eigenvalue weighted by atomic mass is 9.80. The molecule has 0 spiro atoms. The molecule has 1 nitrogen and oxygen atoms in total. The van der Waals surface area contributed by atoms with Gasteiger partial charge >= 0.3 is 0 Å². The molecule has 250 valence electrons. The zero-order chi connectivity index (χ0) is 35.4. The zero-order valence-electron chi connectivity index (χ0n) is 29.9. The van der Waals surface area contributed by atoms with Gasteiger partial charge < -0.3 is 0 Å². The molecule has 0 saturated heterocycles. The Labute approximate surface area is 312 Å². The first-order chi connectivity index (χ1) is 26.0. The summed E-state index contributed by atoms with van der Waals surface area (Å²) in [6.07, 6.45) is 3.79. The Morgan fingerprint density at radius 3 is 1.91 bits per heavy atom. The molecule has 1 aliphatic rings. The second-order valence-electron chi connectivity index (χ2n) is 15.1. The van der Waals surface area contributed by atoms with Crippen LogP contribution in [0.3, 0.4) is 0 Å². The molecule has 2 heteroatoms. The Bertz CT molecular complexity index is 3080. The van der Waals surface area contributed by atoms with Gasteiger partial charge in [0.25, 0.3) is 0 Å². The van der Waals surface area contributed by atoms with E-state index in [0.717, 1.165) is 5.56 Å². The maximum Gasteiger partial charge on any atom is 0.0439 e. The highest BCUT2D eigenvalue weighted by molar-refractivity contribution is 7.26. The minimum absolute atomic E-state index is 0.148. The van der Waals surface area contributed by atoms with Gasteiger partial charge in [0, 0.05) is 49.1 Å². The van der Waals surface area contributed by atoms with Gasteiger partial charge in [0.2, 0.25) is 0 Å². The third-order valence-electron chi connectivity index (χ3n) is 11.9. The van der Waals surface area contributed by atoms with E-state index in [1.165, 1.54) is 108 Å². The number of hydrogen-bond acceptors (Lipinski definition) is 2. The smallest absolute Gasteiger partial charge is 0.0439 e. The van der Waals surface area contributed by atoms with Crippen LogP contribution in [0.5, 0.6) is 0 Å². The molecule has 0 aliphatic heterocycles. The number of hydrogen-bond donors (Lipinski definition) is 0. The van der Waals surface area contributed by atoms with Gasteiger partial charge in [-0.3, -0.25) is 4.98 Å². The summed E-state index contributed by atoms with van der Waals surface area (Å²) in [5, 5.41) is 10.4. The lowest BCUT2D eigenvalue weighted by Gasteiger charge is -2.23. The van der Waals surface area contributed by atoms with E-state index < -0.39 is 0 Å². The number of nitrogens with zero attached hydrogens (tertiary/aromatic N) is 1. The first-order valence-corrected chi connectivity index (χ1v) is 19.3. The van der Waals surface area contributed by atoms with E-state index in [2.05, 4.69) is 165 Å².